The lowest BCUT2D eigenvalue weighted by Gasteiger charge is -1.98. The third-order valence-corrected chi connectivity index (χ3v) is 2.65. The van der Waals surface area contributed by atoms with E-state index >= 15 is 0 Å². The van der Waals surface area contributed by atoms with Gasteiger partial charge in [0.2, 0.25) is 6.79 Å². The number of carbonyl (C=O) groups is 1. The maximum Gasteiger partial charge on any atom is 0.231 e. The van der Waals surface area contributed by atoms with E-state index < -0.39 is 0 Å². The number of allylic oxidation sites excluding steroid dienone is 2. The monoisotopic (exact) mass is 232 g/mol. The first-order chi connectivity index (χ1) is 8.31. The fraction of sp³-hybridized carbons (Fsp3) is 0.357. The molecule has 1 aromatic carbocycles. The van der Waals surface area contributed by atoms with Crippen molar-refractivity contribution in [2.45, 2.75) is 26.2 Å². The van der Waals surface area contributed by atoms with Crippen LogP contribution >= 0.6 is 0 Å². The van der Waals surface area contributed by atoms with Gasteiger partial charge < -0.3 is 9.47 Å². The minimum Gasteiger partial charge on any atom is -0.454 e. The number of unbranched alkanes of at least 4 members (excludes halogenated alkanes) is 2. The molecule has 0 aliphatic carbocycles. The third-order valence-electron chi connectivity index (χ3n) is 2.65. The van der Waals surface area contributed by atoms with Crippen molar-refractivity contribution < 1.29 is 14.3 Å². The van der Waals surface area contributed by atoms with E-state index in [9.17, 15) is 4.79 Å². The Hall–Kier alpha value is -1.77. The van der Waals surface area contributed by atoms with E-state index in [1.165, 1.54) is 0 Å². The second kappa shape index (κ2) is 5.53. The summed E-state index contributed by atoms with van der Waals surface area (Å²) in [7, 11) is 0. The number of rotatable bonds is 5. The Morgan fingerprint density at radius 1 is 1.35 bits per heavy atom. The van der Waals surface area contributed by atoms with Gasteiger partial charge in [0, 0.05) is 5.56 Å². The first-order valence-corrected chi connectivity index (χ1v) is 5.92. The zero-order valence-electron chi connectivity index (χ0n) is 9.94. The van der Waals surface area contributed by atoms with E-state index in [0.29, 0.717) is 17.1 Å². The normalized spacial score (nSPS) is 13.2. The summed E-state index contributed by atoms with van der Waals surface area (Å²) < 4.78 is 10.4. The van der Waals surface area contributed by atoms with Gasteiger partial charge in [-0.1, -0.05) is 25.8 Å². The number of ether oxygens (including phenoxy) is 2. The summed E-state index contributed by atoms with van der Waals surface area (Å²) in [5.41, 5.74) is 0.641. The molecular weight excluding hydrogens is 216 g/mol. The molecule has 17 heavy (non-hydrogen) atoms. The molecule has 2 rings (SSSR count). The number of carbonyl (C=O) groups excluding carboxylic acids is 1. The summed E-state index contributed by atoms with van der Waals surface area (Å²) in [5.74, 6) is 1.37. The van der Waals surface area contributed by atoms with Crippen LogP contribution in [0.15, 0.2) is 30.4 Å². The van der Waals surface area contributed by atoms with Gasteiger partial charge in [-0.25, -0.2) is 0 Å². The molecule has 0 N–H and O–H groups in total. The van der Waals surface area contributed by atoms with Crippen molar-refractivity contribution in [3.63, 3.8) is 0 Å². The SMILES string of the molecule is CCCC/C=C/C(=O)c1ccc2c(c1)OCO2. The molecule has 1 heterocycles. The molecule has 0 bridgehead atoms. The fourth-order valence-corrected chi connectivity index (χ4v) is 1.66. The summed E-state index contributed by atoms with van der Waals surface area (Å²) in [6.45, 7) is 2.37. The molecule has 1 aliphatic heterocycles. The van der Waals surface area contributed by atoms with Crippen LogP contribution in [-0.4, -0.2) is 12.6 Å². The number of hydrogen-bond acceptors (Lipinski definition) is 3. The Labute approximate surface area is 101 Å². The van der Waals surface area contributed by atoms with Gasteiger partial charge in [-0.05, 0) is 30.7 Å². The summed E-state index contributed by atoms with van der Waals surface area (Å²) in [6, 6.07) is 5.27. The second-order valence-electron chi connectivity index (χ2n) is 3.98. The molecule has 1 aliphatic rings. The maximum atomic E-state index is 11.8. The quantitative estimate of drug-likeness (QED) is 0.443. The van der Waals surface area contributed by atoms with Gasteiger partial charge in [-0.3, -0.25) is 4.79 Å². The fourth-order valence-electron chi connectivity index (χ4n) is 1.66. The summed E-state index contributed by atoms with van der Waals surface area (Å²) in [4.78, 5) is 11.8. The van der Waals surface area contributed by atoms with Gasteiger partial charge in [0.15, 0.2) is 17.3 Å². The first-order valence-electron chi connectivity index (χ1n) is 5.92. The molecule has 0 fully saturated rings. The number of ketones is 1. The largest absolute Gasteiger partial charge is 0.454 e. The van der Waals surface area contributed by atoms with Gasteiger partial charge in [0.25, 0.3) is 0 Å². The molecule has 1 aromatic rings. The summed E-state index contributed by atoms with van der Waals surface area (Å²) in [6.07, 6.45) is 6.77. The van der Waals surface area contributed by atoms with Crippen molar-refractivity contribution in [2.75, 3.05) is 6.79 Å². The van der Waals surface area contributed by atoms with E-state index in [2.05, 4.69) is 6.92 Å². The lowest BCUT2D eigenvalue weighted by atomic mass is 10.1. The molecule has 0 saturated carbocycles. The topological polar surface area (TPSA) is 35.5 Å². The van der Waals surface area contributed by atoms with Crippen LogP contribution in [-0.2, 0) is 0 Å². The van der Waals surface area contributed by atoms with Crippen LogP contribution in [0.5, 0.6) is 11.5 Å². The predicted octanol–water partition coefficient (Wildman–Crippen LogP) is 3.34. The van der Waals surface area contributed by atoms with Gasteiger partial charge in [0.05, 0.1) is 0 Å². The molecule has 0 atom stereocenters. The van der Waals surface area contributed by atoms with E-state index in [0.717, 1.165) is 19.3 Å². The van der Waals surface area contributed by atoms with Crippen LogP contribution in [0.3, 0.4) is 0 Å². The molecule has 0 amide bonds. The lowest BCUT2D eigenvalue weighted by molar-refractivity contribution is 0.104. The minimum absolute atomic E-state index is 0.0133. The first kappa shape index (κ1) is 11.7. The molecule has 3 nitrogen and oxygen atoms in total. The minimum atomic E-state index is 0.0133. The Balaban J connectivity index is 2.02. The number of fused-ring (bicyclic) bond motifs is 1. The third kappa shape index (κ3) is 2.87. The molecule has 3 heteroatoms. The van der Waals surface area contributed by atoms with Crippen LogP contribution in [0.1, 0.15) is 36.5 Å². The van der Waals surface area contributed by atoms with Crippen molar-refractivity contribution in [3.8, 4) is 11.5 Å². The number of benzene rings is 1. The van der Waals surface area contributed by atoms with Crippen molar-refractivity contribution >= 4 is 5.78 Å². The molecule has 0 radical (unpaired) electrons. The van der Waals surface area contributed by atoms with Crippen LogP contribution < -0.4 is 9.47 Å². The Morgan fingerprint density at radius 2 is 2.18 bits per heavy atom. The molecule has 0 aromatic heterocycles. The van der Waals surface area contributed by atoms with Crippen molar-refractivity contribution in [3.05, 3.63) is 35.9 Å². The zero-order valence-corrected chi connectivity index (χ0v) is 9.94. The summed E-state index contributed by atoms with van der Waals surface area (Å²) in [5, 5.41) is 0. The van der Waals surface area contributed by atoms with Gasteiger partial charge in [-0.2, -0.15) is 0 Å². The Bertz CT molecular complexity index is 435. The Kier molecular flexibility index (Phi) is 3.81. The van der Waals surface area contributed by atoms with Crippen LogP contribution in [0.4, 0.5) is 0 Å². The lowest BCUT2D eigenvalue weighted by Crippen LogP contribution is -1.94. The van der Waals surface area contributed by atoms with E-state index in [1.807, 2.05) is 6.08 Å². The van der Waals surface area contributed by atoms with Gasteiger partial charge >= 0.3 is 0 Å². The predicted molar refractivity (Wildman–Crippen MR) is 65.6 cm³/mol. The second-order valence-corrected chi connectivity index (χ2v) is 3.98. The number of hydrogen-bond donors (Lipinski definition) is 0. The maximum absolute atomic E-state index is 11.8. The highest BCUT2D eigenvalue weighted by Gasteiger charge is 2.14. The van der Waals surface area contributed by atoms with Crippen molar-refractivity contribution in [1.82, 2.24) is 0 Å². The zero-order chi connectivity index (χ0) is 12.1. The smallest absolute Gasteiger partial charge is 0.231 e. The van der Waals surface area contributed by atoms with Crippen molar-refractivity contribution in [1.29, 1.82) is 0 Å². The average molecular weight is 232 g/mol. The molecular formula is C14H16O3. The molecule has 90 valence electrons. The highest BCUT2D eigenvalue weighted by atomic mass is 16.7. The van der Waals surface area contributed by atoms with Crippen molar-refractivity contribution in [2.24, 2.45) is 0 Å². The van der Waals surface area contributed by atoms with Gasteiger partial charge in [0.1, 0.15) is 0 Å². The molecule has 0 unspecified atom stereocenters. The van der Waals surface area contributed by atoms with Gasteiger partial charge in [-0.15, -0.1) is 0 Å². The van der Waals surface area contributed by atoms with Crippen LogP contribution in [0, 0.1) is 0 Å². The highest BCUT2D eigenvalue weighted by Crippen LogP contribution is 2.32. The van der Waals surface area contributed by atoms with E-state index in [-0.39, 0.29) is 12.6 Å². The molecule has 0 saturated heterocycles. The van der Waals surface area contributed by atoms with E-state index in [4.69, 9.17) is 9.47 Å². The average Bonchev–Trinajstić information content (AvgIpc) is 2.81. The standard InChI is InChI=1S/C14H16O3/c1-2-3-4-5-6-12(15)11-7-8-13-14(9-11)17-10-16-13/h5-9H,2-4,10H2,1H3/b6-5+. The Morgan fingerprint density at radius 3 is 3.00 bits per heavy atom. The van der Waals surface area contributed by atoms with E-state index in [1.54, 1.807) is 24.3 Å². The highest BCUT2D eigenvalue weighted by molar-refractivity contribution is 6.04. The summed E-state index contributed by atoms with van der Waals surface area (Å²) >= 11 is 0. The van der Waals surface area contributed by atoms with Crippen LogP contribution in [0.25, 0.3) is 0 Å². The molecule has 0 spiro atoms. The van der Waals surface area contributed by atoms with Crippen LogP contribution in [0.2, 0.25) is 0 Å².